The maximum Gasteiger partial charge on any atom is 0.321 e. The zero-order chi connectivity index (χ0) is 11.3. The first-order chi connectivity index (χ1) is 7.11. The molecule has 2 amide bonds. The van der Waals surface area contributed by atoms with E-state index in [0.29, 0.717) is 12.2 Å². The summed E-state index contributed by atoms with van der Waals surface area (Å²) in [7, 11) is 0. The molecule has 6 nitrogen and oxygen atoms in total. The van der Waals surface area contributed by atoms with Gasteiger partial charge in [0.15, 0.2) is 0 Å². The summed E-state index contributed by atoms with van der Waals surface area (Å²) in [5.74, 6) is 0.161. The lowest BCUT2D eigenvalue weighted by Gasteiger charge is -2.05. The van der Waals surface area contributed by atoms with Crippen LogP contribution < -0.4 is 16.2 Å². The largest absolute Gasteiger partial charge is 0.338 e. The maximum absolute atomic E-state index is 11.2. The molecule has 1 heterocycles. The summed E-state index contributed by atoms with van der Waals surface area (Å²) in [4.78, 5) is 28.6. The van der Waals surface area contributed by atoms with Crippen molar-refractivity contribution in [3.63, 3.8) is 0 Å². The fraction of sp³-hybridized carbons (Fsp3) is 0.444. The van der Waals surface area contributed by atoms with Crippen molar-refractivity contribution in [2.75, 3.05) is 11.9 Å². The highest BCUT2D eigenvalue weighted by Crippen LogP contribution is 1.94. The third-order valence-corrected chi connectivity index (χ3v) is 1.65. The van der Waals surface area contributed by atoms with Crippen LogP contribution in [0.1, 0.15) is 19.0 Å². The Morgan fingerprint density at radius 1 is 1.60 bits per heavy atom. The third-order valence-electron chi connectivity index (χ3n) is 1.65. The molecule has 0 aliphatic carbocycles. The molecule has 0 saturated heterocycles. The van der Waals surface area contributed by atoms with Gasteiger partial charge in [0.2, 0.25) is 5.95 Å². The van der Waals surface area contributed by atoms with Crippen LogP contribution in [0.3, 0.4) is 0 Å². The Hall–Kier alpha value is -1.85. The topological polar surface area (TPSA) is 86.9 Å². The van der Waals surface area contributed by atoms with Crippen molar-refractivity contribution >= 4 is 12.0 Å². The molecule has 0 saturated carbocycles. The van der Waals surface area contributed by atoms with Gasteiger partial charge < -0.3 is 10.3 Å². The molecule has 6 heteroatoms. The van der Waals surface area contributed by atoms with Gasteiger partial charge in [0, 0.05) is 18.3 Å². The molecule has 0 fully saturated rings. The van der Waals surface area contributed by atoms with E-state index in [-0.39, 0.29) is 17.5 Å². The van der Waals surface area contributed by atoms with Crippen LogP contribution in [0.15, 0.2) is 10.9 Å². The minimum Gasteiger partial charge on any atom is -0.338 e. The minimum absolute atomic E-state index is 0.161. The standard InChI is InChI=1S/C9H14N4O2/c1-3-4-10-9(15)13-8-11-6(2)5-7(14)12-8/h5H,3-4H2,1-2H3,(H3,10,11,12,13,14,15). The van der Waals surface area contributed by atoms with Crippen molar-refractivity contribution in [3.05, 3.63) is 22.1 Å². The van der Waals surface area contributed by atoms with Crippen molar-refractivity contribution in [2.45, 2.75) is 20.3 Å². The van der Waals surface area contributed by atoms with E-state index >= 15 is 0 Å². The number of aromatic amines is 1. The number of nitrogens with zero attached hydrogens (tertiary/aromatic N) is 1. The van der Waals surface area contributed by atoms with Crippen LogP contribution in [0.2, 0.25) is 0 Å². The lowest BCUT2D eigenvalue weighted by molar-refractivity contribution is 0.252. The molecule has 1 aromatic heterocycles. The molecule has 1 aromatic rings. The van der Waals surface area contributed by atoms with Gasteiger partial charge in [-0.1, -0.05) is 6.92 Å². The molecule has 0 spiro atoms. The number of nitrogens with one attached hydrogen (secondary N) is 3. The lowest BCUT2D eigenvalue weighted by Crippen LogP contribution is -2.30. The van der Waals surface area contributed by atoms with E-state index < -0.39 is 0 Å². The van der Waals surface area contributed by atoms with Crippen molar-refractivity contribution in [2.24, 2.45) is 0 Å². The Labute approximate surface area is 87.1 Å². The van der Waals surface area contributed by atoms with Crippen molar-refractivity contribution in [3.8, 4) is 0 Å². The summed E-state index contributed by atoms with van der Waals surface area (Å²) >= 11 is 0. The first-order valence-corrected chi connectivity index (χ1v) is 4.74. The van der Waals surface area contributed by atoms with Gasteiger partial charge in [-0.15, -0.1) is 0 Å². The second kappa shape index (κ2) is 5.14. The van der Waals surface area contributed by atoms with E-state index in [0.717, 1.165) is 6.42 Å². The number of carbonyl (C=O) groups is 1. The molecule has 0 radical (unpaired) electrons. The minimum atomic E-state index is -0.378. The lowest BCUT2D eigenvalue weighted by atomic mass is 10.4. The Morgan fingerprint density at radius 3 is 2.93 bits per heavy atom. The number of H-pyrrole nitrogens is 1. The fourth-order valence-corrected chi connectivity index (χ4v) is 1.03. The number of aryl methyl sites for hydroxylation is 1. The van der Waals surface area contributed by atoms with Crippen molar-refractivity contribution < 1.29 is 4.79 Å². The summed E-state index contributed by atoms with van der Waals surface area (Å²) in [5, 5.41) is 5.05. The van der Waals surface area contributed by atoms with Crippen LogP contribution in [-0.4, -0.2) is 22.5 Å². The molecular weight excluding hydrogens is 196 g/mol. The molecule has 82 valence electrons. The molecule has 0 bridgehead atoms. The Balaban J connectivity index is 2.64. The predicted octanol–water partition coefficient (Wildman–Crippen LogP) is 0.610. The van der Waals surface area contributed by atoms with Crippen LogP contribution in [0.25, 0.3) is 0 Å². The summed E-state index contributed by atoms with van der Waals surface area (Å²) in [6, 6.07) is 0.986. The van der Waals surface area contributed by atoms with Gasteiger partial charge in [-0.3, -0.25) is 10.1 Å². The van der Waals surface area contributed by atoms with Gasteiger partial charge in [0.25, 0.3) is 5.56 Å². The maximum atomic E-state index is 11.2. The molecule has 0 aromatic carbocycles. The van der Waals surface area contributed by atoms with Crippen LogP contribution in [-0.2, 0) is 0 Å². The fourth-order valence-electron chi connectivity index (χ4n) is 1.03. The predicted molar refractivity (Wildman–Crippen MR) is 56.9 cm³/mol. The van der Waals surface area contributed by atoms with Gasteiger partial charge in [-0.25, -0.2) is 4.79 Å². The van der Waals surface area contributed by atoms with Crippen molar-refractivity contribution in [1.29, 1.82) is 0 Å². The van der Waals surface area contributed by atoms with Gasteiger partial charge in [0.05, 0.1) is 0 Å². The van der Waals surface area contributed by atoms with Gasteiger partial charge in [-0.05, 0) is 13.3 Å². The summed E-state index contributed by atoms with van der Waals surface area (Å²) in [6.07, 6.45) is 0.852. The van der Waals surface area contributed by atoms with E-state index in [4.69, 9.17) is 0 Å². The Bertz CT molecular complexity index is 399. The number of carbonyl (C=O) groups excluding carboxylic acids is 1. The van der Waals surface area contributed by atoms with Gasteiger partial charge in [-0.2, -0.15) is 4.98 Å². The number of amides is 2. The van der Waals surface area contributed by atoms with E-state index in [1.54, 1.807) is 6.92 Å². The molecule has 0 aliphatic heterocycles. The summed E-state index contributed by atoms with van der Waals surface area (Å²) in [6.45, 7) is 4.26. The van der Waals surface area contributed by atoms with Gasteiger partial charge in [0.1, 0.15) is 0 Å². The number of anilines is 1. The quantitative estimate of drug-likeness (QED) is 0.683. The van der Waals surface area contributed by atoms with Crippen LogP contribution in [0.5, 0.6) is 0 Å². The molecule has 0 aliphatic rings. The monoisotopic (exact) mass is 210 g/mol. The van der Waals surface area contributed by atoms with Gasteiger partial charge >= 0.3 is 6.03 Å². The number of aromatic nitrogens is 2. The molecule has 1 rings (SSSR count). The van der Waals surface area contributed by atoms with E-state index in [2.05, 4.69) is 20.6 Å². The molecular formula is C9H14N4O2. The number of hydrogen-bond donors (Lipinski definition) is 3. The number of hydrogen-bond acceptors (Lipinski definition) is 3. The Kier molecular flexibility index (Phi) is 3.84. The smallest absolute Gasteiger partial charge is 0.321 e. The molecule has 0 atom stereocenters. The highest BCUT2D eigenvalue weighted by atomic mass is 16.2. The zero-order valence-corrected chi connectivity index (χ0v) is 8.76. The second-order valence-electron chi connectivity index (χ2n) is 3.13. The molecule has 15 heavy (non-hydrogen) atoms. The van der Waals surface area contributed by atoms with Crippen LogP contribution in [0, 0.1) is 6.92 Å². The van der Waals surface area contributed by atoms with Crippen LogP contribution >= 0.6 is 0 Å². The SMILES string of the molecule is CCCNC(=O)Nc1nc(=O)cc(C)[nH]1. The second-order valence-corrected chi connectivity index (χ2v) is 3.13. The number of urea groups is 1. The highest BCUT2D eigenvalue weighted by Gasteiger charge is 2.02. The average Bonchev–Trinajstić information content (AvgIpc) is 2.13. The van der Waals surface area contributed by atoms with E-state index in [1.807, 2.05) is 6.92 Å². The highest BCUT2D eigenvalue weighted by molar-refractivity contribution is 5.87. The molecule has 3 N–H and O–H groups in total. The average molecular weight is 210 g/mol. The zero-order valence-electron chi connectivity index (χ0n) is 8.76. The number of rotatable bonds is 3. The van der Waals surface area contributed by atoms with E-state index in [9.17, 15) is 9.59 Å². The normalized spacial score (nSPS) is 9.73. The van der Waals surface area contributed by atoms with E-state index in [1.165, 1.54) is 6.07 Å². The first kappa shape index (κ1) is 11.2. The molecule has 0 unspecified atom stereocenters. The van der Waals surface area contributed by atoms with Crippen LogP contribution in [0.4, 0.5) is 10.7 Å². The summed E-state index contributed by atoms with van der Waals surface area (Å²) < 4.78 is 0. The Morgan fingerprint density at radius 2 is 2.33 bits per heavy atom. The first-order valence-electron chi connectivity index (χ1n) is 4.74. The summed E-state index contributed by atoms with van der Waals surface area (Å²) in [5.41, 5.74) is 0.276. The third kappa shape index (κ3) is 3.80. The van der Waals surface area contributed by atoms with Crippen molar-refractivity contribution in [1.82, 2.24) is 15.3 Å².